The van der Waals surface area contributed by atoms with Gasteiger partial charge in [-0.3, -0.25) is 24.0 Å². The van der Waals surface area contributed by atoms with E-state index in [9.17, 15) is 14.4 Å². The second-order valence-electron chi connectivity index (χ2n) is 7.15. The Morgan fingerprint density at radius 3 is 2.34 bits per heavy atom. The van der Waals surface area contributed by atoms with Crippen LogP contribution >= 0.6 is 15.9 Å². The minimum atomic E-state index is -0.220. The third-order valence-electron chi connectivity index (χ3n) is 4.94. The molecule has 0 bridgehead atoms. The first-order valence-corrected chi connectivity index (χ1v) is 10.7. The van der Waals surface area contributed by atoms with Crippen LogP contribution in [0.3, 0.4) is 0 Å². The highest BCUT2D eigenvalue weighted by Crippen LogP contribution is 2.22. The Labute approximate surface area is 178 Å². The molecule has 0 atom stereocenters. The van der Waals surface area contributed by atoms with Crippen LogP contribution in [0, 0.1) is 6.92 Å². The SMILES string of the molecule is Cc1nn(CCCNC(=O)CCCCCN2C(=O)c3ccccc3C2=O)cc1Br. The van der Waals surface area contributed by atoms with Gasteiger partial charge in [-0.2, -0.15) is 5.10 Å². The second-order valence-corrected chi connectivity index (χ2v) is 8.00. The molecule has 3 amide bonds. The number of aromatic nitrogens is 2. The van der Waals surface area contributed by atoms with Gasteiger partial charge in [-0.05, 0) is 54.2 Å². The van der Waals surface area contributed by atoms with E-state index in [2.05, 4.69) is 26.3 Å². The molecule has 7 nitrogen and oxygen atoms in total. The highest BCUT2D eigenvalue weighted by Gasteiger charge is 2.34. The van der Waals surface area contributed by atoms with E-state index in [0.717, 1.165) is 36.0 Å². The first-order valence-electron chi connectivity index (χ1n) is 9.89. The van der Waals surface area contributed by atoms with Crippen molar-refractivity contribution in [3.8, 4) is 0 Å². The van der Waals surface area contributed by atoms with Crippen LogP contribution in [0.5, 0.6) is 0 Å². The molecule has 3 rings (SSSR count). The zero-order valence-electron chi connectivity index (χ0n) is 16.5. The molecule has 1 aromatic carbocycles. The number of nitrogens with one attached hydrogen (secondary N) is 1. The monoisotopic (exact) mass is 460 g/mol. The average Bonchev–Trinajstić information content (AvgIpc) is 3.16. The summed E-state index contributed by atoms with van der Waals surface area (Å²) in [5.41, 5.74) is 1.92. The highest BCUT2D eigenvalue weighted by molar-refractivity contribution is 9.10. The van der Waals surface area contributed by atoms with Crippen LogP contribution in [0.25, 0.3) is 0 Å². The lowest BCUT2D eigenvalue weighted by Gasteiger charge is -2.13. The summed E-state index contributed by atoms with van der Waals surface area (Å²) in [4.78, 5) is 37.8. The number of nitrogens with zero attached hydrogens (tertiary/aromatic N) is 3. The minimum Gasteiger partial charge on any atom is -0.356 e. The van der Waals surface area contributed by atoms with Crippen molar-refractivity contribution in [3.05, 3.63) is 51.8 Å². The summed E-state index contributed by atoms with van der Waals surface area (Å²) in [6.07, 6.45) is 5.44. The quantitative estimate of drug-likeness (QED) is 0.435. The zero-order valence-corrected chi connectivity index (χ0v) is 18.1. The molecule has 29 heavy (non-hydrogen) atoms. The Kier molecular flexibility index (Phi) is 7.19. The predicted octanol–water partition coefficient (Wildman–Crippen LogP) is 3.32. The maximum Gasteiger partial charge on any atom is 0.261 e. The van der Waals surface area contributed by atoms with Crippen LogP contribution in [0.2, 0.25) is 0 Å². The normalized spacial score (nSPS) is 13.1. The van der Waals surface area contributed by atoms with E-state index in [-0.39, 0.29) is 17.7 Å². The molecular formula is C21H25BrN4O3. The van der Waals surface area contributed by atoms with Crippen LogP contribution in [0.1, 0.15) is 58.5 Å². The summed E-state index contributed by atoms with van der Waals surface area (Å²) < 4.78 is 2.85. The van der Waals surface area contributed by atoms with Gasteiger partial charge in [0.15, 0.2) is 0 Å². The van der Waals surface area contributed by atoms with E-state index in [0.29, 0.717) is 37.1 Å². The molecule has 1 aromatic heterocycles. The van der Waals surface area contributed by atoms with Crippen LogP contribution in [0.4, 0.5) is 0 Å². The first kappa shape index (κ1) is 21.2. The zero-order chi connectivity index (χ0) is 20.8. The van der Waals surface area contributed by atoms with Crippen molar-refractivity contribution in [3.63, 3.8) is 0 Å². The van der Waals surface area contributed by atoms with Crippen LogP contribution < -0.4 is 5.32 Å². The molecule has 0 spiro atoms. The topological polar surface area (TPSA) is 84.3 Å². The molecule has 154 valence electrons. The number of fused-ring (bicyclic) bond motifs is 1. The number of hydrogen-bond acceptors (Lipinski definition) is 4. The van der Waals surface area contributed by atoms with E-state index in [4.69, 9.17) is 0 Å². The fraction of sp³-hybridized carbons (Fsp3) is 0.429. The fourth-order valence-electron chi connectivity index (χ4n) is 3.34. The number of benzene rings is 1. The molecule has 0 aliphatic carbocycles. The van der Waals surface area contributed by atoms with Gasteiger partial charge in [0.1, 0.15) is 0 Å². The van der Waals surface area contributed by atoms with Crippen molar-refractivity contribution in [1.82, 2.24) is 20.0 Å². The standard InChI is InChI=1S/C21H25BrN4O3/c1-15-18(22)14-25(24-15)12-7-11-23-19(27)10-3-2-6-13-26-20(28)16-8-4-5-9-17(16)21(26)29/h4-5,8-9,14H,2-3,6-7,10-13H2,1H3,(H,23,27). The molecule has 1 N–H and O–H groups in total. The summed E-state index contributed by atoms with van der Waals surface area (Å²) in [6.45, 7) is 3.71. The van der Waals surface area contributed by atoms with Gasteiger partial charge in [-0.15, -0.1) is 0 Å². The molecule has 0 fully saturated rings. The molecule has 0 radical (unpaired) electrons. The molecule has 2 heterocycles. The summed E-state index contributed by atoms with van der Waals surface area (Å²) in [6, 6.07) is 6.90. The maximum absolute atomic E-state index is 12.3. The number of rotatable bonds is 10. The molecule has 1 aliphatic heterocycles. The number of aryl methyl sites for hydroxylation is 2. The lowest BCUT2D eigenvalue weighted by molar-refractivity contribution is -0.121. The largest absolute Gasteiger partial charge is 0.356 e. The average molecular weight is 461 g/mol. The number of hydrogen-bond donors (Lipinski definition) is 1. The summed E-state index contributed by atoms with van der Waals surface area (Å²) in [5, 5.41) is 7.28. The lowest BCUT2D eigenvalue weighted by atomic mass is 10.1. The van der Waals surface area contributed by atoms with Crippen molar-refractivity contribution in [2.75, 3.05) is 13.1 Å². The van der Waals surface area contributed by atoms with Gasteiger partial charge in [0.05, 0.1) is 21.3 Å². The van der Waals surface area contributed by atoms with Crippen molar-refractivity contribution in [2.45, 2.75) is 45.6 Å². The molecule has 8 heteroatoms. The molecule has 2 aromatic rings. The Morgan fingerprint density at radius 2 is 1.72 bits per heavy atom. The fourth-order valence-corrected chi connectivity index (χ4v) is 3.66. The van der Waals surface area contributed by atoms with Crippen LogP contribution in [-0.4, -0.2) is 45.5 Å². The first-order chi connectivity index (χ1) is 14.0. The highest BCUT2D eigenvalue weighted by atomic mass is 79.9. The second kappa shape index (κ2) is 9.82. The number of carbonyl (C=O) groups excluding carboxylic acids is 3. The number of amides is 3. The van der Waals surface area contributed by atoms with E-state index in [1.54, 1.807) is 24.3 Å². The van der Waals surface area contributed by atoms with Crippen molar-refractivity contribution < 1.29 is 14.4 Å². The number of imide groups is 1. The predicted molar refractivity (Wildman–Crippen MR) is 113 cm³/mol. The van der Waals surface area contributed by atoms with E-state index in [1.165, 1.54) is 4.90 Å². The summed E-state index contributed by atoms with van der Waals surface area (Å²) in [7, 11) is 0. The van der Waals surface area contributed by atoms with Gasteiger partial charge in [-0.1, -0.05) is 18.6 Å². The van der Waals surface area contributed by atoms with E-state index < -0.39 is 0 Å². The number of halogens is 1. The van der Waals surface area contributed by atoms with Gasteiger partial charge in [0.25, 0.3) is 11.8 Å². The van der Waals surface area contributed by atoms with Gasteiger partial charge >= 0.3 is 0 Å². The molecule has 0 saturated heterocycles. The van der Waals surface area contributed by atoms with Crippen LogP contribution in [0.15, 0.2) is 34.9 Å². The molecule has 0 unspecified atom stereocenters. The van der Waals surface area contributed by atoms with Gasteiger partial charge in [0.2, 0.25) is 5.91 Å². The molecule has 1 aliphatic rings. The molecule has 0 saturated carbocycles. The van der Waals surface area contributed by atoms with Crippen LogP contribution in [-0.2, 0) is 11.3 Å². The van der Waals surface area contributed by atoms with Crippen molar-refractivity contribution >= 4 is 33.7 Å². The third kappa shape index (κ3) is 5.32. The summed E-state index contributed by atoms with van der Waals surface area (Å²) >= 11 is 3.43. The summed E-state index contributed by atoms with van der Waals surface area (Å²) in [5.74, 6) is -0.408. The van der Waals surface area contributed by atoms with E-state index >= 15 is 0 Å². The minimum absolute atomic E-state index is 0.0311. The van der Waals surface area contributed by atoms with Crippen molar-refractivity contribution in [2.24, 2.45) is 0 Å². The van der Waals surface area contributed by atoms with E-state index in [1.807, 2.05) is 17.8 Å². The number of unbranched alkanes of at least 4 members (excludes halogenated alkanes) is 2. The third-order valence-corrected chi connectivity index (χ3v) is 5.71. The van der Waals surface area contributed by atoms with Gasteiger partial charge in [-0.25, -0.2) is 0 Å². The lowest BCUT2D eigenvalue weighted by Crippen LogP contribution is -2.30. The Hall–Kier alpha value is -2.48. The Bertz CT molecular complexity index is 855. The Balaban J connectivity index is 1.27. The molecular weight excluding hydrogens is 436 g/mol. The van der Waals surface area contributed by atoms with Gasteiger partial charge in [0, 0.05) is 32.3 Å². The maximum atomic E-state index is 12.3. The van der Waals surface area contributed by atoms with Crippen molar-refractivity contribution in [1.29, 1.82) is 0 Å². The smallest absolute Gasteiger partial charge is 0.261 e. The van der Waals surface area contributed by atoms with Gasteiger partial charge < -0.3 is 5.32 Å². The Morgan fingerprint density at radius 1 is 1.03 bits per heavy atom. The number of carbonyl (C=O) groups is 3.